The number of hydrogen-bond donors (Lipinski definition) is 1. The zero-order valence-corrected chi connectivity index (χ0v) is 20.6. The third-order valence-corrected chi connectivity index (χ3v) is 6.10. The third-order valence-electron chi connectivity index (χ3n) is 5.58. The second-order valence-corrected chi connectivity index (χ2v) is 8.46. The van der Waals surface area contributed by atoms with Crippen LogP contribution in [0.5, 0.6) is 11.5 Å². The first kappa shape index (κ1) is 23.5. The number of nitrogens with zero attached hydrogens (tertiary/aromatic N) is 2. The summed E-state index contributed by atoms with van der Waals surface area (Å²) in [4.78, 5) is 27.4. The van der Waals surface area contributed by atoms with Gasteiger partial charge in [-0.1, -0.05) is 11.6 Å². The number of thiocarbonyl (C=S) groups is 1. The molecule has 34 heavy (non-hydrogen) atoms. The predicted molar refractivity (Wildman–Crippen MR) is 136 cm³/mol. The third kappa shape index (κ3) is 4.18. The van der Waals surface area contributed by atoms with E-state index in [1.165, 1.54) is 4.90 Å². The highest BCUT2D eigenvalue weighted by Gasteiger charge is 2.34. The molecule has 0 bridgehead atoms. The molecule has 1 N–H and O–H groups in total. The highest BCUT2D eigenvalue weighted by atomic mass is 35.5. The average molecular weight is 496 g/mol. The maximum Gasteiger partial charge on any atom is 0.270 e. The monoisotopic (exact) mass is 495 g/mol. The lowest BCUT2D eigenvalue weighted by Crippen LogP contribution is -2.54. The molecule has 2 aromatic carbocycles. The van der Waals surface area contributed by atoms with Crippen LogP contribution < -0.4 is 19.7 Å². The molecular formula is C25H22ClN3O4S. The fourth-order valence-electron chi connectivity index (χ4n) is 3.92. The van der Waals surface area contributed by atoms with Crippen molar-refractivity contribution in [2.24, 2.45) is 0 Å². The van der Waals surface area contributed by atoms with Gasteiger partial charge in [0.2, 0.25) is 0 Å². The lowest BCUT2D eigenvalue weighted by molar-refractivity contribution is -0.122. The van der Waals surface area contributed by atoms with Crippen molar-refractivity contribution in [1.82, 2.24) is 9.88 Å². The summed E-state index contributed by atoms with van der Waals surface area (Å²) >= 11 is 11.5. The Morgan fingerprint density at radius 2 is 1.71 bits per heavy atom. The number of hydrogen-bond acceptors (Lipinski definition) is 5. The quantitative estimate of drug-likeness (QED) is 0.318. The van der Waals surface area contributed by atoms with E-state index in [0.29, 0.717) is 27.8 Å². The number of carbonyl (C=O) groups is 2. The van der Waals surface area contributed by atoms with Crippen molar-refractivity contribution < 1.29 is 19.1 Å². The molecule has 2 amide bonds. The number of carbonyl (C=O) groups excluding carboxylic acids is 2. The molecule has 174 valence electrons. The number of anilines is 1. The van der Waals surface area contributed by atoms with Crippen LogP contribution in [0.15, 0.2) is 54.1 Å². The molecule has 1 fully saturated rings. The van der Waals surface area contributed by atoms with Gasteiger partial charge in [0.15, 0.2) is 5.11 Å². The van der Waals surface area contributed by atoms with E-state index in [1.54, 1.807) is 62.8 Å². The SMILES string of the molecule is COc1ccc(N2C(=O)/C(=C/c3cc(C)n(-c4cc(Cl)ccc4OC)c3C)C(=O)NC2=S)cc1. The smallest absolute Gasteiger partial charge is 0.270 e. The van der Waals surface area contributed by atoms with Gasteiger partial charge in [-0.05, 0) is 86.2 Å². The van der Waals surface area contributed by atoms with Gasteiger partial charge in [-0.2, -0.15) is 0 Å². The summed E-state index contributed by atoms with van der Waals surface area (Å²) in [7, 11) is 3.15. The molecule has 3 aromatic rings. The van der Waals surface area contributed by atoms with Gasteiger partial charge < -0.3 is 14.0 Å². The summed E-state index contributed by atoms with van der Waals surface area (Å²) in [5, 5.41) is 3.19. The maximum absolute atomic E-state index is 13.4. The Morgan fingerprint density at radius 3 is 2.35 bits per heavy atom. The molecule has 1 aliphatic rings. The van der Waals surface area contributed by atoms with Gasteiger partial charge in [0.05, 0.1) is 25.6 Å². The van der Waals surface area contributed by atoms with Crippen LogP contribution in [-0.2, 0) is 9.59 Å². The summed E-state index contributed by atoms with van der Waals surface area (Å²) < 4.78 is 12.7. The number of rotatable bonds is 5. The molecule has 0 spiro atoms. The molecule has 4 rings (SSSR count). The number of nitrogens with one attached hydrogen (secondary N) is 1. The van der Waals surface area contributed by atoms with Crippen LogP contribution in [0.3, 0.4) is 0 Å². The van der Waals surface area contributed by atoms with Crippen LogP contribution >= 0.6 is 23.8 Å². The van der Waals surface area contributed by atoms with Crippen molar-refractivity contribution in [3.8, 4) is 17.2 Å². The van der Waals surface area contributed by atoms with Crippen molar-refractivity contribution in [3.63, 3.8) is 0 Å². The highest BCUT2D eigenvalue weighted by molar-refractivity contribution is 7.80. The summed E-state index contributed by atoms with van der Waals surface area (Å²) in [6.45, 7) is 3.83. The Bertz CT molecular complexity index is 1340. The van der Waals surface area contributed by atoms with E-state index in [4.69, 9.17) is 33.3 Å². The molecule has 1 aliphatic heterocycles. The van der Waals surface area contributed by atoms with Gasteiger partial charge in [0, 0.05) is 16.4 Å². The van der Waals surface area contributed by atoms with Crippen molar-refractivity contribution in [1.29, 1.82) is 0 Å². The second-order valence-electron chi connectivity index (χ2n) is 7.63. The number of ether oxygens (including phenoxy) is 2. The van der Waals surface area contributed by atoms with E-state index in [9.17, 15) is 9.59 Å². The Morgan fingerprint density at radius 1 is 1.00 bits per heavy atom. The highest BCUT2D eigenvalue weighted by Crippen LogP contribution is 2.32. The Hall–Kier alpha value is -3.62. The van der Waals surface area contributed by atoms with E-state index in [2.05, 4.69) is 5.32 Å². The fraction of sp³-hybridized carbons (Fsp3) is 0.160. The van der Waals surface area contributed by atoms with Crippen LogP contribution in [0.1, 0.15) is 17.0 Å². The molecular weight excluding hydrogens is 474 g/mol. The van der Waals surface area contributed by atoms with Crippen LogP contribution in [-0.4, -0.2) is 35.7 Å². The summed E-state index contributed by atoms with van der Waals surface area (Å²) in [6, 6.07) is 14.1. The zero-order valence-electron chi connectivity index (χ0n) is 19.0. The van der Waals surface area contributed by atoms with Crippen molar-refractivity contribution in [2.45, 2.75) is 13.8 Å². The first-order chi connectivity index (χ1) is 16.2. The lowest BCUT2D eigenvalue weighted by atomic mass is 10.1. The second kappa shape index (κ2) is 9.32. The molecule has 1 aromatic heterocycles. The van der Waals surface area contributed by atoms with Gasteiger partial charge in [0.1, 0.15) is 17.1 Å². The van der Waals surface area contributed by atoms with Crippen LogP contribution in [0.2, 0.25) is 5.02 Å². The predicted octanol–water partition coefficient (Wildman–Crippen LogP) is 4.60. The van der Waals surface area contributed by atoms with E-state index >= 15 is 0 Å². The topological polar surface area (TPSA) is 72.8 Å². The first-order valence-corrected chi connectivity index (χ1v) is 11.1. The van der Waals surface area contributed by atoms with Crippen molar-refractivity contribution in [2.75, 3.05) is 19.1 Å². The fourth-order valence-corrected chi connectivity index (χ4v) is 4.37. The standard InChI is InChI=1S/C25H22ClN3O4S/c1-14-11-16(15(2)28(14)21-13-17(26)5-10-22(21)33-4)12-20-23(30)27-25(34)29(24(20)31)18-6-8-19(32-3)9-7-18/h5-13H,1-4H3,(H,27,30,34)/b20-12+. The van der Waals surface area contributed by atoms with Crippen LogP contribution in [0, 0.1) is 13.8 Å². The van der Waals surface area contributed by atoms with Gasteiger partial charge in [-0.15, -0.1) is 0 Å². The molecule has 0 atom stereocenters. The number of amides is 2. The number of aromatic nitrogens is 1. The van der Waals surface area contributed by atoms with Crippen molar-refractivity contribution in [3.05, 3.63) is 76.1 Å². The number of methoxy groups -OCH3 is 2. The van der Waals surface area contributed by atoms with Crippen LogP contribution in [0.4, 0.5) is 5.69 Å². The maximum atomic E-state index is 13.4. The van der Waals surface area contributed by atoms with E-state index in [-0.39, 0.29) is 10.7 Å². The largest absolute Gasteiger partial charge is 0.497 e. The minimum Gasteiger partial charge on any atom is -0.497 e. The molecule has 9 heteroatoms. The molecule has 0 radical (unpaired) electrons. The molecule has 2 heterocycles. The average Bonchev–Trinajstić information content (AvgIpc) is 3.09. The Kier molecular flexibility index (Phi) is 6.45. The normalized spacial score (nSPS) is 15.0. The number of halogens is 1. The Balaban J connectivity index is 1.77. The minimum atomic E-state index is -0.551. The zero-order chi connectivity index (χ0) is 24.6. The van der Waals surface area contributed by atoms with Crippen molar-refractivity contribution >= 4 is 52.5 Å². The van der Waals surface area contributed by atoms with Crippen LogP contribution in [0.25, 0.3) is 11.8 Å². The summed E-state index contributed by atoms with van der Waals surface area (Å²) in [6.07, 6.45) is 1.58. The molecule has 1 saturated heterocycles. The van der Waals surface area contributed by atoms with E-state index < -0.39 is 11.8 Å². The van der Waals surface area contributed by atoms with E-state index in [1.807, 2.05) is 24.5 Å². The number of aryl methyl sites for hydroxylation is 1. The summed E-state index contributed by atoms with van der Waals surface area (Å²) in [5.74, 6) is 0.227. The lowest BCUT2D eigenvalue weighted by Gasteiger charge is -2.29. The van der Waals surface area contributed by atoms with Gasteiger partial charge in [-0.25, -0.2) is 0 Å². The number of benzene rings is 2. The molecule has 0 saturated carbocycles. The molecule has 0 unspecified atom stereocenters. The van der Waals surface area contributed by atoms with E-state index in [0.717, 1.165) is 17.1 Å². The Labute approximate surface area is 207 Å². The molecule has 0 aliphatic carbocycles. The van der Waals surface area contributed by atoms with Gasteiger partial charge in [0.25, 0.3) is 11.8 Å². The summed E-state index contributed by atoms with van der Waals surface area (Å²) in [5.41, 5.74) is 3.67. The van der Waals surface area contributed by atoms with Gasteiger partial charge in [-0.3, -0.25) is 19.8 Å². The molecule has 7 nitrogen and oxygen atoms in total. The first-order valence-electron chi connectivity index (χ1n) is 10.3. The minimum absolute atomic E-state index is 0.0199. The van der Waals surface area contributed by atoms with Gasteiger partial charge >= 0.3 is 0 Å².